The summed E-state index contributed by atoms with van der Waals surface area (Å²) >= 11 is 0. The molecular weight excluding hydrogens is 330 g/mol. The molecule has 0 bridgehead atoms. The van der Waals surface area contributed by atoms with Crippen LogP contribution in [0.2, 0.25) is 0 Å². The van der Waals surface area contributed by atoms with E-state index in [1.54, 1.807) is 13.0 Å². The molecule has 2 aromatic carbocycles. The molecule has 1 heterocycles. The van der Waals surface area contributed by atoms with Crippen LogP contribution in [0.25, 0.3) is 22.3 Å². The highest BCUT2D eigenvalue weighted by Crippen LogP contribution is 2.38. The fourth-order valence-corrected chi connectivity index (χ4v) is 2.94. The van der Waals surface area contributed by atoms with Gasteiger partial charge in [0, 0.05) is 29.6 Å². The van der Waals surface area contributed by atoms with Crippen molar-refractivity contribution in [2.75, 3.05) is 6.61 Å². The van der Waals surface area contributed by atoms with Crippen molar-refractivity contribution in [3.05, 3.63) is 53.6 Å². The number of rotatable bonds is 6. The van der Waals surface area contributed by atoms with Crippen LogP contribution < -0.4 is 5.32 Å². The van der Waals surface area contributed by atoms with E-state index in [1.165, 1.54) is 6.07 Å². The Morgan fingerprint density at radius 1 is 1.23 bits per heavy atom. The second kappa shape index (κ2) is 7.62. The summed E-state index contributed by atoms with van der Waals surface area (Å²) in [5.41, 5.74) is 2.44. The monoisotopic (exact) mass is 353 g/mol. The van der Waals surface area contributed by atoms with Gasteiger partial charge in [-0.15, -0.1) is 0 Å². The summed E-state index contributed by atoms with van der Waals surface area (Å²) in [7, 11) is 0. The van der Waals surface area contributed by atoms with Crippen LogP contribution in [0.5, 0.6) is 5.75 Å². The Labute approximate surface area is 152 Å². The quantitative estimate of drug-likeness (QED) is 0.639. The Balaban J connectivity index is 2.26. The van der Waals surface area contributed by atoms with Crippen molar-refractivity contribution < 1.29 is 19.1 Å². The lowest BCUT2D eigenvalue weighted by Crippen LogP contribution is -2.22. The first kappa shape index (κ1) is 18.0. The van der Waals surface area contributed by atoms with E-state index in [0.717, 1.165) is 11.1 Å². The van der Waals surface area contributed by atoms with Crippen LogP contribution in [0.15, 0.2) is 46.9 Å². The highest BCUT2D eigenvalue weighted by atomic mass is 16.5. The maximum atomic E-state index is 12.7. The minimum atomic E-state index is -0.429. The van der Waals surface area contributed by atoms with Crippen molar-refractivity contribution in [2.45, 2.75) is 33.4 Å². The number of carbonyl (C=O) groups excluding carboxylic acids is 1. The number of benzene rings is 2. The number of hydrogen-bond acceptors (Lipinski definition) is 5. The van der Waals surface area contributed by atoms with E-state index in [2.05, 4.69) is 5.32 Å². The van der Waals surface area contributed by atoms with Crippen LogP contribution >= 0.6 is 0 Å². The predicted molar refractivity (Wildman–Crippen MR) is 101 cm³/mol. The van der Waals surface area contributed by atoms with Crippen LogP contribution in [0.4, 0.5) is 0 Å². The van der Waals surface area contributed by atoms with Gasteiger partial charge in [-0.2, -0.15) is 0 Å². The minimum absolute atomic E-state index is 0.0989. The zero-order valence-electron chi connectivity index (χ0n) is 15.2. The molecule has 5 nitrogen and oxygen atoms in total. The first-order valence-corrected chi connectivity index (χ1v) is 8.75. The van der Waals surface area contributed by atoms with Crippen molar-refractivity contribution in [1.29, 1.82) is 0 Å². The minimum Gasteiger partial charge on any atom is -0.508 e. The Morgan fingerprint density at radius 3 is 2.62 bits per heavy atom. The highest BCUT2D eigenvalue weighted by Gasteiger charge is 2.25. The lowest BCUT2D eigenvalue weighted by molar-refractivity contribution is 0.0528. The van der Waals surface area contributed by atoms with Gasteiger partial charge in [0.25, 0.3) is 0 Å². The number of furan rings is 1. The van der Waals surface area contributed by atoms with Gasteiger partial charge in [0.15, 0.2) is 0 Å². The van der Waals surface area contributed by atoms with Gasteiger partial charge in [0.1, 0.15) is 22.7 Å². The molecule has 3 aromatic rings. The standard InChI is InChI=1S/C21H23NO4/c1-4-25-21(24)19-18-15(12-22-13(2)3)10-16(23)11-17(18)26-20(19)14-8-6-5-7-9-14/h5-11,13,22-23H,4,12H2,1-3H3. The zero-order valence-corrected chi connectivity index (χ0v) is 15.2. The summed E-state index contributed by atoms with van der Waals surface area (Å²) in [6.07, 6.45) is 0. The van der Waals surface area contributed by atoms with Crippen molar-refractivity contribution in [1.82, 2.24) is 5.32 Å². The number of aromatic hydroxyl groups is 1. The van der Waals surface area contributed by atoms with Gasteiger partial charge in [0.05, 0.1) is 6.61 Å². The summed E-state index contributed by atoms with van der Waals surface area (Å²) in [6, 6.07) is 12.9. The highest BCUT2D eigenvalue weighted by molar-refractivity contribution is 6.10. The number of fused-ring (bicyclic) bond motifs is 1. The molecule has 0 fully saturated rings. The molecule has 0 amide bonds. The lowest BCUT2D eigenvalue weighted by atomic mass is 10.0. The van der Waals surface area contributed by atoms with E-state index in [4.69, 9.17) is 9.15 Å². The van der Waals surface area contributed by atoms with Crippen molar-refractivity contribution in [3.63, 3.8) is 0 Å². The Kier molecular flexibility index (Phi) is 5.28. The molecule has 0 aliphatic heterocycles. The molecule has 0 aliphatic rings. The Bertz CT molecular complexity index is 913. The van der Waals surface area contributed by atoms with Gasteiger partial charge in [-0.25, -0.2) is 4.79 Å². The number of nitrogens with one attached hydrogen (secondary N) is 1. The molecule has 2 N–H and O–H groups in total. The third kappa shape index (κ3) is 3.58. The van der Waals surface area contributed by atoms with Crippen LogP contribution in [0.3, 0.4) is 0 Å². The summed E-state index contributed by atoms with van der Waals surface area (Å²) in [4.78, 5) is 12.7. The number of ether oxygens (including phenoxy) is 1. The Hall–Kier alpha value is -2.79. The van der Waals surface area contributed by atoms with E-state index >= 15 is 0 Å². The fraction of sp³-hybridized carbons (Fsp3) is 0.286. The van der Waals surface area contributed by atoms with Gasteiger partial charge in [-0.3, -0.25) is 0 Å². The van der Waals surface area contributed by atoms with Crippen LogP contribution in [0, 0.1) is 0 Å². The Morgan fingerprint density at radius 2 is 1.96 bits per heavy atom. The third-order valence-electron chi connectivity index (χ3n) is 4.07. The van der Waals surface area contributed by atoms with E-state index in [9.17, 15) is 9.90 Å². The zero-order chi connectivity index (χ0) is 18.7. The first-order valence-electron chi connectivity index (χ1n) is 8.75. The number of phenolic OH excluding ortho intramolecular Hbond substituents is 1. The molecule has 0 unspecified atom stereocenters. The van der Waals surface area contributed by atoms with Gasteiger partial charge >= 0.3 is 5.97 Å². The molecule has 26 heavy (non-hydrogen) atoms. The average Bonchev–Trinajstić information content (AvgIpc) is 3.00. The molecule has 0 aliphatic carbocycles. The molecule has 0 radical (unpaired) electrons. The third-order valence-corrected chi connectivity index (χ3v) is 4.07. The second-order valence-corrected chi connectivity index (χ2v) is 6.41. The number of phenols is 1. The first-order chi connectivity index (χ1) is 12.5. The van der Waals surface area contributed by atoms with Crippen LogP contribution in [-0.4, -0.2) is 23.7 Å². The maximum Gasteiger partial charge on any atom is 0.342 e. The summed E-state index contributed by atoms with van der Waals surface area (Å²) in [6.45, 7) is 6.63. The number of carbonyl (C=O) groups is 1. The largest absolute Gasteiger partial charge is 0.508 e. The van der Waals surface area contributed by atoms with E-state index < -0.39 is 5.97 Å². The number of esters is 1. The molecule has 0 atom stereocenters. The molecule has 0 saturated heterocycles. The molecule has 1 aromatic heterocycles. The van der Waals surface area contributed by atoms with Gasteiger partial charge in [-0.1, -0.05) is 44.2 Å². The number of hydrogen-bond donors (Lipinski definition) is 2. The van der Waals surface area contributed by atoms with E-state index in [1.807, 2.05) is 44.2 Å². The summed E-state index contributed by atoms with van der Waals surface area (Å²) in [5.74, 6) is 0.124. The maximum absolute atomic E-state index is 12.7. The summed E-state index contributed by atoms with van der Waals surface area (Å²) < 4.78 is 11.3. The van der Waals surface area contributed by atoms with Gasteiger partial charge in [-0.05, 0) is 18.6 Å². The molecule has 0 spiro atoms. The molecule has 3 rings (SSSR count). The van der Waals surface area contributed by atoms with Crippen molar-refractivity contribution >= 4 is 16.9 Å². The molecular formula is C21H23NO4. The molecule has 5 heteroatoms. The van der Waals surface area contributed by atoms with E-state index in [0.29, 0.717) is 28.8 Å². The van der Waals surface area contributed by atoms with Gasteiger partial charge in [0.2, 0.25) is 0 Å². The fourth-order valence-electron chi connectivity index (χ4n) is 2.94. The van der Waals surface area contributed by atoms with E-state index in [-0.39, 0.29) is 18.4 Å². The van der Waals surface area contributed by atoms with Crippen molar-refractivity contribution in [3.8, 4) is 17.1 Å². The van der Waals surface area contributed by atoms with Crippen molar-refractivity contribution in [2.24, 2.45) is 0 Å². The average molecular weight is 353 g/mol. The predicted octanol–water partition coefficient (Wildman–Crippen LogP) is 4.48. The van der Waals surface area contributed by atoms with Gasteiger partial charge < -0.3 is 19.6 Å². The summed E-state index contributed by atoms with van der Waals surface area (Å²) in [5, 5.41) is 14.1. The lowest BCUT2D eigenvalue weighted by Gasteiger charge is -2.10. The normalized spacial score (nSPS) is 11.2. The van der Waals surface area contributed by atoms with Crippen LogP contribution in [-0.2, 0) is 11.3 Å². The smallest absolute Gasteiger partial charge is 0.342 e. The van der Waals surface area contributed by atoms with Crippen LogP contribution in [0.1, 0.15) is 36.7 Å². The molecule has 136 valence electrons. The second-order valence-electron chi connectivity index (χ2n) is 6.41. The molecule has 0 saturated carbocycles. The SMILES string of the molecule is CCOC(=O)c1c(-c2ccccc2)oc2cc(O)cc(CNC(C)C)c12. The topological polar surface area (TPSA) is 71.7 Å².